The molecule has 0 aromatic heterocycles. The first-order valence-corrected chi connectivity index (χ1v) is 6.33. The van der Waals surface area contributed by atoms with E-state index in [1.54, 1.807) is 0 Å². The molecule has 2 N–H and O–H groups in total. The number of hydrogen-bond donors (Lipinski definition) is 2. The highest BCUT2D eigenvalue weighted by Crippen LogP contribution is 2.15. The van der Waals surface area contributed by atoms with Crippen molar-refractivity contribution in [2.75, 3.05) is 33.2 Å². The monoisotopic (exact) mass is 227 g/mol. The summed E-state index contributed by atoms with van der Waals surface area (Å²) in [6, 6.07) is 0.475. The Morgan fingerprint density at radius 3 is 2.94 bits per heavy atom. The third-order valence-corrected chi connectivity index (χ3v) is 3.33. The molecule has 16 heavy (non-hydrogen) atoms. The third-order valence-electron chi connectivity index (χ3n) is 3.33. The molecule has 1 heterocycles. The fourth-order valence-electron chi connectivity index (χ4n) is 2.04. The van der Waals surface area contributed by atoms with Crippen molar-refractivity contribution < 1.29 is 4.79 Å². The zero-order chi connectivity index (χ0) is 12.0. The van der Waals surface area contributed by atoms with Crippen LogP contribution in [-0.2, 0) is 4.79 Å². The highest BCUT2D eigenvalue weighted by atomic mass is 16.1. The maximum absolute atomic E-state index is 11.9. The van der Waals surface area contributed by atoms with E-state index in [-0.39, 0.29) is 11.8 Å². The topological polar surface area (TPSA) is 44.4 Å². The van der Waals surface area contributed by atoms with Crippen molar-refractivity contribution >= 4 is 5.91 Å². The molecule has 0 aromatic carbocycles. The zero-order valence-corrected chi connectivity index (χ0v) is 10.8. The second kappa shape index (κ2) is 6.86. The van der Waals surface area contributed by atoms with Gasteiger partial charge in [-0.2, -0.15) is 0 Å². The lowest BCUT2D eigenvalue weighted by atomic mass is 9.92. The summed E-state index contributed by atoms with van der Waals surface area (Å²) < 4.78 is 0. The molecule has 0 spiro atoms. The molecule has 4 nitrogen and oxygen atoms in total. The van der Waals surface area contributed by atoms with Crippen molar-refractivity contribution in [1.82, 2.24) is 15.5 Å². The average Bonchev–Trinajstić information content (AvgIpc) is 2.28. The van der Waals surface area contributed by atoms with Gasteiger partial charge in [0.25, 0.3) is 0 Å². The smallest absolute Gasteiger partial charge is 0.223 e. The first-order valence-electron chi connectivity index (χ1n) is 6.33. The van der Waals surface area contributed by atoms with E-state index < -0.39 is 0 Å². The van der Waals surface area contributed by atoms with Crippen LogP contribution >= 0.6 is 0 Å². The molecule has 0 aliphatic carbocycles. The van der Waals surface area contributed by atoms with Crippen molar-refractivity contribution in [3.8, 4) is 0 Å². The van der Waals surface area contributed by atoms with Crippen molar-refractivity contribution in [3.05, 3.63) is 0 Å². The molecule has 0 bridgehead atoms. The van der Waals surface area contributed by atoms with Crippen LogP contribution in [0.15, 0.2) is 0 Å². The van der Waals surface area contributed by atoms with Gasteiger partial charge in [0.2, 0.25) is 5.91 Å². The molecule has 0 radical (unpaired) electrons. The van der Waals surface area contributed by atoms with Gasteiger partial charge in [0.1, 0.15) is 0 Å². The predicted molar refractivity (Wildman–Crippen MR) is 66.4 cm³/mol. The Morgan fingerprint density at radius 1 is 1.56 bits per heavy atom. The Bertz CT molecular complexity index is 220. The first-order chi connectivity index (χ1) is 7.63. The van der Waals surface area contributed by atoms with E-state index in [2.05, 4.69) is 36.4 Å². The fraction of sp³-hybridized carbons (Fsp3) is 0.917. The second-order valence-electron chi connectivity index (χ2n) is 4.76. The van der Waals surface area contributed by atoms with Crippen molar-refractivity contribution in [3.63, 3.8) is 0 Å². The molecule has 1 aliphatic heterocycles. The minimum atomic E-state index is 0.211. The van der Waals surface area contributed by atoms with E-state index in [0.29, 0.717) is 6.04 Å². The number of amides is 1. The van der Waals surface area contributed by atoms with Crippen LogP contribution in [0.4, 0.5) is 0 Å². The minimum absolute atomic E-state index is 0.211. The van der Waals surface area contributed by atoms with Gasteiger partial charge in [0.15, 0.2) is 0 Å². The lowest BCUT2D eigenvalue weighted by molar-refractivity contribution is -0.126. The second-order valence-corrected chi connectivity index (χ2v) is 4.76. The molecular formula is C12H25N3O. The number of piperidine rings is 1. The summed E-state index contributed by atoms with van der Waals surface area (Å²) in [6.45, 7) is 7.96. The van der Waals surface area contributed by atoms with Gasteiger partial charge in [-0.05, 0) is 39.9 Å². The lowest BCUT2D eigenvalue weighted by Gasteiger charge is -2.27. The van der Waals surface area contributed by atoms with Crippen LogP contribution in [0.1, 0.15) is 26.7 Å². The highest BCUT2D eigenvalue weighted by Gasteiger charge is 2.24. The zero-order valence-electron chi connectivity index (χ0n) is 10.8. The van der Waals surface area contributed by atoms with Gasteiger partial charge in [-0.25, -0.2) is 0 Å². The molecule has 0 aromatic rings. The molecule has 1 aliphatic rings. The summed E-state index contributed by atoms with van der Waals surface area (Å²) in [5.41, 5.74) is 0. The van der Waals surface area contributed by atoms with Crippen molar-refractivity contribution in [2.45, 2.75) is 32.7 Å². The summed E-state index contributed by atoms with van der Waals surface area (Å²) in [4.78, 5) is 14.1. The largest absolute Gasteiger partial charge is 0.355 e. The molecular weight excluding hydrogens is 202 g/mol. The molecule has 2 atom stereocenters. The van der Waals surface area contributed by atoms with Crippen LogP contribution in [0, 0.1) is 5.92 Å². The van der Waals surface area contributed by atoms with Crippen LogP contribution in [-0.4, -0.2) is 50.1 Å². The van der Waals surface area contributed by atoms with E-state index in [9.17, 15) is 4.79 Å². The highest BCUT2D eigenvalue weighted by molar-refractivity contribution is 5.78. The molecule has 1 rings (SSSR count). The van der Waals surface area contributed by atoms with Gasteiger partial charge in [-0.3, -0.25) is 4.79 Å². The molecule has 1 fully saturated rings. The summed E-state index contributed by atoms with van der Waals surface area (Å²) in [7, 11) is 2.07. The number of rotatable bonds is 5. The maximum atomic E-state index is 11.9. The molecule has 4 heteroatoms. The van der Waals surface area contributed by atoms with E-state index in [1.165, 1.54) is 0 Å². The summed E-state index contributed by atoms with van der Waals surface area (Å²) >= 11 is 0. The van der Waals surface area contributed by atoms with Crippen LogP contribution in [0.5, 0.6) is 0 Å². The molecule has 94 valence electrons. The summed E-state index contributed by atoms with van der Waals surface area (Å²) in [6.07, 6.45) is 1.94. The maximum Gasteiger partial charge on any atom is 0.223 e. The number of carbonyl (C=O) groups is 1. The number of nitrogens with zero attached hydrogens (tertiary/aromatic N) is 1. The minimum Gasteiger partial charge on any atom is -0.355 e. The van der Waals surface area contributed by atoms with Crippen LogP contribution in [0.2, 0.25) is 0 Å². The Kier molecular flexibility index (Phi) is 5.77. The van der Waals surface area contributed by atoms with Gasteiger partial charge in [0, 0.05) is 25.0 Å². The SMILES string of the molecule is CCN(C)CCNC(=O)C1CCNC(C)C1. The van der Waals surface area contributed by atoms with Crippen LogP contribution < -0.4 is 10.6 Å². The molecule has 2 unspecified atom stereocenters. The Morgan fingerprint density at radius 2 is 2.31 bits per heavy atom. The first kappa shape index (κ1) is 13.5. The van der Waals surface area contributed by atoms with Gasteiger partial charge in [0.05, 0.1) is 0 Å². The number of nitrogens with one attached hydrogen (secondary N) is 2. The van der Waals surface area contributed by atoms with Gasteiger partial charge < -0.3 is 15.5 Å². The van der Waals surface area contributed by atoms with Crippen LogP contribution in [0.3, 0.4) is 0 Å². The predicted octanol–water partition coefficient (Wildman–Crippen LogP) is 0.442. The normalized spacial score (nSPS) is 25.8. The molecule has 0 saturated carbocycles. The summed E-state index contributed by atoms with van der Waals surface area (Å²) in [5.74, 6) is 0.445. The van der Waals surface area contributed by atoms with Gasteiger partial charge in [-0.1, -0.05) is 6.92 Å². The Balaban J connectivity index is 2.19. The average molecular weight is 227 g/mol. The lowest BCUT2D eigenvalue weighted by Crippen LogP contribution is -2.43. The van der Waals surface area contributed by atoms with Crippen molar-refractivity contribution in [1.29, 1.82) is 0 Å². The van der Waals surface area contributed by atoms with Crippen molar-refractivity contribution in [2.24, 2.45) is 5.92 Å². The van der Waals surface area contributed by atoms with Gasteiger partial charge in [-0.15, -0.1) is 0 Å². The third kappa shape index (κ3) is 4.49. The summed E-state index contributed by atoms with van der Waals surface area (Å²) in [5, 5.41) is 6.39. The van der Waals surface area contributed by atoms with Gasteiger partial charge >= 0.3 is 0 Å². The van der Waals surface area contributed by atoms with Crippen LogP contribution in [0.25, 0.3) is 0 Å². The fourth-order valence-corrected chi connectivity index (χ4v) is 2.04. The van der Waals surface area contributed by atoms with E-state index in [0.717, 1.165) is 39.0 Å². The van der Waals surface area contributed by atoms with E-state index in [1.807, 2.05) is 0 Å². The number of hydrogen-bond acceptors (Lipinski definition) is 3. The Hall–Kier alpha value is -0.610. The number of likely N-dealkylation sites (N-methyl/N-ethyl adjacent to an activating group) is 1. The standard InChI is InChI=1S/C12H25N3O/c1-4-15(3)8-7-14-12(16)11-5-6-13-10(2)9-11/h10-11,13H,4-9H2,1-3H3,(H,14,16). The Labute approximate surface area is 98.8 Å². The van der Waals surface area contributed by atoms with E-state index >= 15 is 0 Å². The number of carbonyl (C=O) groups excluding carboxylic acids is 1. The van der Waals surface area contributed by atoms with E-state index in [4.69, 9.17) is 0 Å². The quantitative estimate of drug-likeness (QED) is 0.716. The molecule has 1 saturated heterocycles. The molecule has 1 amide bonds.